The van der Waals surface area contributed by atoms with Gasteiger partial charge in [0.2, 0.25) is 11.8 Å². The zero-order valence-corrected chi connectivity index (χ0v) is 14.5. The first-order valence-corrected chi connectivity index (χ1v) is 8.54. The molecule has 5 nitrogen and oxygen atoms in total. The Bertz CT molecular complexity index is 782. The number of nitrogens with one attached hydrogen (secondary N) is 1. The number of ether oxygens (including phenoxy) is 1. The van der Waals surface area contributed by atoms with Gasteiger partial charge < -0.3 is 15.0 Å². The number of nitrogens with zero attached hydrogens (tertiary/aromatic N) is 1. The van der Waals surface area contributed by atoms with Crippen LogP contribution in [-0.2, 0) is 16.0 Å². The summed E-state index contributed by atoms with van der Waals surface area (Å²) in [5.74, 6) is -0.127. The standard InChI is InChI=1S/C20H21FN2O3/c1-22-20(25)18-12-17(26-16-8-3-2-4-9-16)13-23(18)19(24)11-14-6-5-7-15(21)10-14/h2-10,17-18H,11-13H2,1H3,(H,22,25). The van der Waals surface area contributed by atoms with Gasteiger partial charge in [0.15, 0.2) is 0 Å². The largest absolute Gasteiger partial charge is 0.488 e. The molecule has 0 aliphatic carbocycles. The lowest BCUT2D eigenvalue weighted by Crippen LogP contribution is -2.45. The average Bonchev–Trinajstić information content (AvgIpc) is 3.06. The van der Waals surface area contributed by atoms with Gasteiger partial charge in [-0.05, 0) is 29.8 Å². The quantitative estimate of drug-likeness (QED) is 0.893. The van der Waals surface area contributed by atoms with Crippen LogP contribution in [0.25, 0.3) is 0 Å². The molecule has 1 saturated heterocycles. The number of amides is 2. The molecular weight excluding hydrogens is 335 g/mol. The van der Waals surface area contributed by atoms with Gasteiger partial charge in [0.05, 0.1) is 13.0 Å². The van der Waals surface area contributed by atoms with E-state index in [9.17, 15) is 14.0 Å². The molecular formula is C20H21FN2O3. The van der Waals surface area contributed by atoms with Crippen molar-refractivity contribution in [2.24, 2.45) is 0 Å². The minimum Gasteiger partial charge on any atom is -0.488 e. The topological polar surface area (TPSA) is 58.6 Å². The Morgan fingerprint density at radius 3 is 2.65 bits per heavy atom. The van der Waals surface area contributed by atoms with Crippen LogP contribution in [0, 0.1) is 5.82 Å². The second-order valence-electron chi connectivity index (χ2n) is 6.27. The summed E-state index contributed by atoms with van der Waals surface area (Å²) in [6.07, 6.45) is 0.198. The number of carbonyl (C=O) groups is 2. The number of hydrogen-bond donors (Lipinski definition) is 1. The molecule has 0 saturated carbocycles. The van der Waals surface area contributed by atoms with E-state index in [1.54, 1.807) is 19.2 Å². The fourth-order valence-corrected chi connectivity index (χ4v) is 3.19. The maximum atomic E-state index is 13.3. The van der Waals surface area contributed by atoms with Crippen LogP contribution in [0.15, 0.2) is 54.6 Å². The van der Waals surface area contributed by atoms with Gasteiger partial charge in [-0.3, -0.25) is 9.59 Å². The molecule has 2 unspecified atom stereocenters. The van der Waals surface area contributed by atoms with Crippen molar-refractivity contribution in [3.05, 3.63) is 66.0 Å². The van der Waals surface area contributed by atoms with E-state index in [1.807, 2.05) is 30.3 Å². The third kappa shape index (κ3) is 4.20. The number of likely N-dealkylation sites (tertiary alicyclic amines) is 1. The number of halogens is 1. The fraction of sp³-hybridized carbons (Fsp3) is 0.300. The highest BCUT2D eigenvalue weighted by atomic mass is 19.1. The zero-order valence-electron chi connectivity index (χ0n) is 14.5. The van der Waals surface area contributed by atoms with Crippen LogP contribution in [0.4, 0.5) is 4.39 Å². The van der Waals surface area contributed by atoms with Gasteiger partial charge in [-0.15, -0.1) is 0 Å². The molecule has 1 aliphatic heterocycles. The van der Waals surface area contributed by atoms with Crippen LogP contribution in [-0.4, -0.2) is 42.5 Å². The van der Waals surface area contributed by atoms with E-state index in [2.05, 4.69) is 5.32 Å². The van der Waals surface area contributed by atoms with Crippen molar-refractivity contribution in [2.45, 2.75) is 25.0 Å². The van der Waals surface area contributed by atoms with Gasteiger partial charge in [0.1, 0.15) is 23.7 Å². The fourth-order valence-electron chi connectivity index (χ4n) is 3.19. The molecule has 6 heteroatoms. The van der Waals surface area contributed by atoms with Gasteiger partial charge in [-0.1, -0.05) is 30.3 Å². The number of para-hydroxylation sites is 1. The molecule has 1 N–H and O–H groups in total. The Morgan fingerprint density at radius 1 is 1.19 bits per heavy atom. The Hall–Kier alpha value is -2.89. The molecule has 2 aromatic rings. The van der Waals surface area contributed by atoms with Gasteiger partial charge in [-0.25, -0.2) is 4.39 Å². The van der Waals surface area contributed by atoms with Crippen LogP contribution in [0.5, 0.6) is 5.75 Å². The van der Waals surface area contributed by atoms with Crippen LogP contribution < -0.4 is 10.1 Å². The molecule has 2 atom stereocenters. The molecule has 0 radical (unpaired) electrons. The third-order valence-corrected chi connectivity index (χ3v) is 4.42. The van der Waals surface area contributed by atoms with E-state index >= 15 is 0 Å². The minimum atomic E-state index is -0.588. The number of hydrogen-bond acceptors (Lipinski definition) is 3. The number of rotatable bonds is 5. The highest BCUT2D eigenvalue weighted by Crippen LogP contribution is 2.24. The summed E-state index contributed by atoms with van der Waals surface area (Å²) >= 11 is 0. The summed E-state index contributed by atoms with van der Waals surface area (Å²) in [5, 5.41) is 2.60. The van der Waals surface area contributed by atoms with E-state index < -0.39 is 6.04 Å². The molecule has 0 spiro atoms. The number of likely N-dealkylation sites (N-methyl/N-ethyl adjacent to an activating group) is 1. The first kappa shape index (κ1) is 17.9. The van der Waals surface area contributed by atoms with Crippen LogP contribution in [0.1, 0.15) is 12.0 Å². The van der Waals surface area contributed by atoms with Crippen LogP contribution in [0.2, 0.25) is 0 Å². The maximum Gasteiger partial charge on any atom is 0.242 e. The van der Waals surface area contributed by atoms with Crippen molar-refractivity contribution in [2.75, 3.05) is 13.6 Å². The molecule has 26 heavy (non-hydrogen) atoms. The Morgan fingerprint density at radius 2 is 1.96 bits per heavy atom. The van der Waals surface area contributed by atoms with Crippen molar-refractivity contribution in [3.8, 4) is 5.75 Å². The summed E-state index contributed by atoms with van der Waals surface area (Å²) in [6.45, 7) is 0.321. The molecule has 1 aliphatic rings. The van der Waals surface area contributed by atoms with Crippen molar-refractivity contribution in [1.82, 2.24) is 10.2 Å². The highest BCUT2D eigenvalue weighted by molar-refractivity contribution is 5.89. The molecule has 1 fully saturated rings. The van der Waals surface area contributed by atoms with Crippen molar-refractivity contribution < 1.29 is 18.7 Å². The Labute approximate surface area is 151 Å². The predicted octanol–water partition coefficient (Wildman–Crippen LogP) is 2.16. The molecule has 2 aromatic carbocycles. The summed E-state index contributed by atoms with van der Waals surface area (Å²) < 4.78 is 19.3. The van der Waals surface area contributed by atoms with Gasteiger partial charge in [0, 0.05) is 13.5 Å². The lowest BCUT2D eigenvalue weighted by molar-refractivity contribution is -0.137. The summed E-state index contributed by atoms with van der Waals surface area (Å²) in [4.78, 5) is 26.5. The predicted molar refractivity (Wildman–Crippen MR) is 95.1 cm³/mol. The molecule has 1 heterocycles. The normalized spacial score (nSPS) is 19.2. The van der Waals surface area contributed by atoms with Gasteiger partial charge in [-0.2, -0.15) is 0 Å². The SMILES string of the molecule is CNC(=O)C1CC(Oc2ccccc2)CN1C(=O)Cc1cccc(F)c1. The summed E-state index contributed by atoms with van der Waals surface area (Å²) in [6, 6.07) is 14.7. The van der Waals surface area contributed by atoms with Gasteiger partial charge in [0.25, 0.3) is 0 Å². The number of benzene rings is 2. The monoisotopic (exact) mass is 356 g/mol. The second kappa shape index (κ2) is 7.99. The van der Waals surface area contributed by atoms with E-state index in [0.717, 1.165) is 0 Å². The highest BCUT2D eigenvalue weighted by Gasteiger charge is 2.40. The van der Waals surface area contributed by atoms with E-state index in [1.165, 1.54) is 17.0 Å². The average molecular weight is 356 g/mol. The van der Waals surface area contributed by atoms with Crippen molar-refractivity contribution in [1.29, 1.82) is 0 Å². The first-order valence-electron chi connectivity index (χ1n) is 8.54. The van der Waals surface area contributed by atoms with Crippen molar-refractivity contribution >= 4 is 11.8 Å². The van der Waals surface area contributed by atoms with Crippen molar-refractivity contribution in [3.63, 3.8) is 0 Å². The lowest BCUT2D eigenvalue weighted by Gasteiger charge is -2.23. The first-order chi connectivity index (χ1) is 12.6. The molecule has 2 amide bonds. The lowest BCUT2D eigenvalue weighted by atomic mass is 10.1. The Kier molecular flexibility index (Phi) is 5.51. The van der Waals surface area contributed by atoms with Crippen LogP contribution in [0.3, 0.4) is 0 Å². The minimum absolute atomic E-state index is 0.0450. The molecule has 0 aromatic heterocycles. The summed E-state index contributed by atoms with van der Waals surface area (Å²) in [5.41, 5.74) is 0.582. The zero-order chi connectivity index (χ0) is 18.5. The van der Waals surface area contributed by atoms with E-state index in [0.29, 0.717) is 24.3 Å². The van der Waals surface area contributed by atoms with E-state index in [4.69, 9.17) is 4.74 Å². The van der Waals surface area contributed by atoms with Crippen LogP contribution >= 0.6 is 0 Å². The van der Waals surface area contributed by atoms with Gasteiger partial charge >= 0.3 is 0 Å². The maximum absolute atomic E-state index is 13.3. The smallest absolute Gasteiger partial charge is 0.242 e. The Balaban J connectivity index is 1.72. The number of carbonyl (C=O) groups excluding carboxylic acids is 2. The second-order valence-corrected chi connectivity index (χ2v) is 6.27. The molecule has 3 rings (SSSR count). The third-order valence-electron chi connectivity index (χ3n) is 4.42. The molecule has 0 bridgehead atoms. The summed E-state index contributed by atoms with van der Waals surface area (Å²) in [7, 11) is 1.54. The van der Waals surface area contributed by atoms with E-state index in [-0.39, 0.29) is 30.2 Å². The molecule has 136 valence electrons.